The number of benzene rings is 1. The van der Waals surface area contributed by atoms with Crippen LogP contribution in [0.25, 0.3) is 0 Å². The Morgan fingerprint density at radius 1 is 1.33 bits per heavy atom. The van der Waals surface area contributed by atoms with Crippen molar-refractivity contribution in [1.82, 2.24) is 4.90 Å². The Bertz CT molecular complexity index is 738. The molecule has 1 aliphatic heterocycles. The summed E-state index contributed by atoms with van der Waals surface area (Å²) in [6.07, 6.45) is 9.89. The first-order valence-electron chi connectivity index (χ1n) is 10.7. The van der Waals surface area contributed by atoms with Crippen molar-refractivity contribution in [2.45, 2.75) is 75.9 Å². The SMILES string of the molecule is CCCCC(C)(O)C1=CCC23CCN(C)C(Cc4ccc(OC)cc42)[C@H]3C1. The highest BCUT2D eigenvalue weighted by Gasteiger charge is 2.54. The Balaban J connectivity index is 1.75. The predicted octanol–water partition coefficient (Wildman–Crippen LogP) is 4.47. The van der Waals surface area contributed by atoms with Crippen LogP contribution >= 0.6 is 0 Å². The van der Waals surface area contributed by atoms with Crippen molar-refractivity contribution in [3.05, 3.63) is 41.0 Å². The molecule has 148 valence electrons. The van der Waals surface area contributed by atoms with Crippen LogP contribution in [0.2, 0.25) is 0 Å². The number of allylic oxidation sites excluding steroid dienone is 1. The number of nitrogens with zero attached hydrogens (tertiary/aromatic N) is 1. The average Bonchev–Trinajstić information content (AvgIpc) is 2.68. The van der Waals surface area contributed by atoms with Gasteiger partial charge in [0.2, 0.25) is 0 Å². The number of piperidine rings is 1. The fourth-order valence-electron chi connectivity index (χ4n) is 6.03. The number of methoxy groups -OCH3 is 1. The van der Waals surface area contributed by atoms with Gasteiger partial charge >= 0.3 is 0 Å². The molecule has 3 aliphatic rings. The maximum absolute atomic E-state index is 11.2. The van der Waals surface area contributed by atoms with Gasteiger partial charge in [-0.05, 0) is 87.4 Å². The van der Waals surface area contributed by atoms with Crippen LogP contribution in [0, 0.1) is 5.92 Å². The molecular weight excluding hydrogens is 334 g/mol. The van der Waals surface area contributed by atoms with Crippen LogP contribution in [0.5, 0.6) is 5.75 Å². The number of hydrogen-bond acceptors (Lipinski definition) is 3. The van der Waals surface area contributed by atoms with Gasteiger partial charge in [0.25, 0.3) is 0 Å². The quantitative estimate of drug-likeness (QED) is 0.777. The van der Waals surface area contributed by atoms with Crippen LogP contribution in [0.15, 0.2) is 29.8 Å². The third-order valence-electron chi connectivity index (χ3n) is 7.79. The molecule has 27 heavy (non-hydrogen) atoms. The molecule has 4 rings (SSSR count). The van der Waals surface area contributed by atoms with Gasteiger partial charge in [0.1, 0.15) is 5.75 Å². The third-order valence-corrected chi connectivity index (χ3v) is 7.79. The van der Waals surface area contributed by atoms with Gasteiger partial charge in [-0.3, -0.25) is 0 Å². The number of aliphatic hydroxyl groups is 1. The van der Waals surface area contributed by atoms with Gasteiger partial charge in [-0.1, -0.05) is 31.9 Å². The molecule has 1 aromatic carbocycles. The van der Waals surface area contributed by atoms with Gasteiger partial charge in [0.05, 0.1) is 12.7 Å². The molecule has 0 amide bonds. The third kappa shape index (κ3) is 3.03. The standard InChI is InChI=1S/C24H35NO2/c1-5-6-10-23(2,26)18-9-11-24-12-13-25(3)22(21(24)15-18)14-17-7-8-19(27-4)16-20(17)24/h7-9,16,21-22,26H,5-6,10-15H2,1-4H3/t21-,22?,23?,24?/m1/s1. The Morgan fingerprint density at radius 2 is 2.15 bits per heavy atom. The maximum atomic E-state index is 11.2. The van der Waals surface area contributed by atoms with Crippen LogP contribution in [-0.2, 0) is 11.8 Å². The predicted molar refractivity (Wildman–Crippen MR) is 110 cm³/mol. The molecule has 1 aromatic rings. The van der Waals surface area contributed by atoms with Crippen molar-refractivity contribution < 1.29 is 9.84 Å². The second-order valence-electron chi connectivity index (χ2n) is 9.30. The lowest BCUT2D eigenvalue weighted by atomic mass is 9.52. The van der Waals surface area contributed by atoms with E-state index in [9.17, 15) is 5.11 Å². The minimum Gasteiger partial charge on any atom is -0.497 e. The van der Waals surface area contributed by atoms with E-state index < -0.39 is 5.60 Å². The van der Waals surface area contributed by atoms with E-state index in [1.165, 1.54) is 23.1 Å². The molecule has 3 unspecified atom stereocenters. The Morgan fingerprint density at radius 3 is 2.89 bits per heavy atom. The number of ether oxygens (including phenoxy) is 1. The van der Waals surface area contributed by atoms with E-state index in [1.54, 1.807) is 7.11 Å². The fraction of sp³-hybridized carbons (Fsp3) is 0.667. The summed E-state index contributed by atoms with van der Waals surface area (Å²) >= 11 is 0. The number of likely N-dealkylation sites (N-methyl/N-ethyl adjacent to an activating group) is 1. The van der Waals surface area contributed by atoms with Crippen molar-refractivity contribution >= 4 is 0 Å². The average molecular weight is 370 g/mol. The van der Waals surface area contributed by atoms with Crippen LogP contribution in [0.3, 0.4) is 0 Å². The molecule has 1 heterocycles. The first kappa shape index (κ1) is 19.0. The van der Waals surface area contributed by atoms with E-state index in [4.69, 9.17) is 4.74 Å². The van der Waals surface area contributed by atoms with Gasteiger partial charge in [-0.2, -0.15) is 0 Å². The highest BCUT2D eigenvalue weighted by atomic mass is 16.5. The molecule has 0 radical (unpaired) electrons. The molecule has 1 fully saturated rings. The van der Waals surface area contributed by atoms with E-state index in [-0.39, 0.29) is 5.41 Å². The van der Waals surface area contributed by atoms with Crippen molar-refractivity contribution in [2.75, 3.05) is 20.7 Å². The van der Waals surface area contributed by atoms with Crippen LogP contribution in [-0.4, -0.2) is 42.4 Å². The molecule has 2 aliphatic carbocycles. The van der Waals surface area contributed by atoms with Gasteiger partial charge < -0.3 is 14.7 Å². The smallest absolute Gasteiger partial charge is 0.119 e. The molecule has 0 saturated carbocycles. The molecule has 1 saturated heterocycles. The molecular formula is C24H35NO2. The molecule has 2 bridgehead atoms. The maximum Gasteiger partial charge on any atom is 0.119 e. The molecule has 4 atom stereocenters. The highest BCUT2D eigenvalue weighted by molar-refractivity contribution is 5.47. The van der Waals surface area contributed by atoms with E-state index in [0.717, 1.165) is 50.8 Å². The number of hydrogen-bond donors (Lipinski definition) is 1. The topological polar surface area (TPSA) is 32.7 Å². The number of fused-ring (bicyclic) bond motifs is 1. The summed E-state index contributed by atoms with van der Waals surface area (Å²) in [5.74, 6) is 1.56. The summed E-state index contributed by atoms with van der Waals surface area (Å²) in [6, 6.07) is 7.28. The first-order chi connectivity index (χ1) is 12.9. The highest BCUT2D eigenvalue weighted by Crippen LogP contribution is 2.56. The minimum absolute atomic E-state index is 0.212. The Labute approximate surface area is 164 Å². The van der Waals surface area contributed by atoms with E-state index in [0.29, 0.717) is 12.0 Å². The van der Waals surface area contributed by atoms with E-state index in [2.05, 4.69) is 43.1 Å². The van der Waals surface area contributed by atoms with Crippen molar-refractivity contribution in [1.29, 1.82) is 0 Å². The fourth-order valence-corrected chi connectivity index (χ4v) is 6.03. The van der Waals surface area contributed by atoms with Crippen molar-refractivity contribution in [3.8, 4) is 5.75 Å². The van der Waals surface area contributed by atoms with Gasteiger partial charge in [0.15, 0.2) is 0 Å². The van der Waals surface area contributed by atoms with E-state index >= 15 is 0 Å². The monoisotopic (exact) mass is 369 g/mol. The van der Waals surface area contributed by atoms with Gasteiger partial charge in [-0.25, -0.2) is 0 Å². The van der Waals surface area contributed by atoms with E-state index in [1.807, 2.05) is 6.92 Å². The van der Waals surface area contributed by atoms with Crippen molar-refractivity contribution in [2.24, 2.45) is 5.92 Å². The zero-order valence-corrected chi connectivity index (χ0v) is 17.4. The molecule has 1 N–H and O–H groups in total. The Kier molecular flexibility index (Phi) is 4.88. The summed E-state index contributed by atoms with van der Waals surface area (Å²) in [5.41, 5.74) is 3.85. The summed E-state index contributed by atoms with van der Waals surface area (Å²) in [4.78, 5) is 2.57. The number of likely N-dealkylation sites (tertiary alicyclic amines) is 1. The van der Waals surface area contributed by atoms with Crippen LogP contribution in [0.4, 0.5) is 0 Å². The lowest BCUT2D eigenvalue weighted by Gasteiger charge is -2.58. The largest absolute Gasteiger partial charge is 0.497 e. The van der Waals surface area contributed by atoms with Gasteiger partial charge in [0, 0.05) is 11.5 Å². The summed E-state index contributed by atoms with van der Waals surface area (Å²) in [7, 11) is 4.05. The molecule has 3 heteroatoms. The molecule has 3 nitrogen and oxygen atoms in total. The van der Waals surface area contributed by atoms with Crippen molar-refractivity contribution in [3.63, 3.8) is 0 Å². The zero-order chi connectivity index (χ0) is 19.2. The molecule has 0 aromatic heterocycles. The van der Waals surface area contributed by atoms with Gasteiger partial charge in [-0.15, -0.1) is 0 Å². The Hall–Kier alpha value is -1.32. The van der Waals surface area contributed by atoms with Crippen LogP contribution in [0.1, 0.15) is 63.5 Å². The minimum atomic E-state index is -0.654. The summed E-state index contributed by atoms with van der Waals surface area (Å²) in [6.45, 7) is 5.39. The summed E-state index contributed by atoms with van der Waals surface area (Å²) in [5, 5.41) is 11.2. The van der Waals surface area contributed by atoms with Crippen LogP contribution < -0.4 is 4.74 Å². The number of rotatable bonds is 5. The zero-order valence-electron chi connectivity index (χ0n) is 17.4. The molecule has 0 spiro atoms. The second kappa shape index (κ2) is 6.93. The summed E-state index contributed by atoms with van der Waals surface area (Å²) < 4.78 is 5.57. The first-order valence-corrected chi connectivity index (χ1v) is 10.7. The normalized spacial score (nSPS) is 32.1. The lowest BCUT2D eigenvalue weighted by molar-refractivity contribution is 0.0104. The lowest BCUT2D eigenvalue weighted by Crippen LogP contribution is -2.60. The second-order valence-corrected chi connectivity index (χ2v) is 9.30. The number of unbranched alkanes of at least 4 members (excludes halogenated alkanes) is 1.